The van der Waals surface area contributed by atoms with Gasteiger partial charge in [0.25, 0.3) is 0 Å². The van der Waals surface area contributed by atoms with Crippen molar-refractivity contribution < 1.29 is 14.3 Å². The van der Waals surface area contributed by atoms with E-state index in [4.69, 9.17) is 4.74 Å². The minimum Gasteiger partial charge on any atom is -0.466 e. The van der Waals surface area contributed by atoms with E-state index in [1.165, 1.54) is 0 Å². The molecule has 0 aliphatic heterocycles. The zero-order valence-corrected chi connectivity index (χ0v) is 11.2. The zero-order valence-electron chi connectivity index (χ0n) is 11.2. The molecule has 0 aromatic carbocycles. The monoisotopic (exact) mass is 252 g/mol. The molecule has 0 saturated carbocycles. The topological polar surface area (TPSA) is 61.2 Å². The largest absolute Gasteiger partial charge is 0.466 e. The number of hydrogen-bond acceptors (Lipinski definition) is 4. The van der Waals surface area contributed by atoms with E-state index in [9.17, 15) is 9.59 Å². The van der Waals surface area contributed by atoms with Gasteiger partial charge in [-0.2, -0.15) is 0 Å². The van der Waals surface area contributed by atoms with Gasteiger partial charge in [-0.05, 0) is 6.92 Å². The van der Waals surface area contributed by atoms with Crippen LogP contribution in [0.15, 0.2) is 12.4 Å². The highest BCUT2D eigenvalue weighted by Crippen LogP contribution is 2.12. The molecule has 5 heteroatoms. The van der Waals surface area contributed by atoms with Crippen molar-refractivity contribution in [2.24, 2.45) is 0 Å². The van der Waals surface area contributed by atoms with Crippen molar-refractivity contribution in [1.82, 2.24) is 9.55 Å². The van der Waals surface area contributed by atoms with E-state index in [0.717, 1.165) is 5.82 Å². The summed E-state index contributed by atoms with van der Waals surface area (Å²) in [5, 5.41) is 0. The van der Waals surface area contributed by atoms with Crippen molar-refractivity contribution in [1.29, 1.82) is 0 Å². The lowest BCUT2D eigenvalue weighted by atomic mass is 10.2. The van der Waals surface area contributed by atoms with Crippen LogP contribution in [0.2, 0.25) is 0 Å². The number of esters is 1. The number of Topliss-reactive ketones (excluding diaryl/α,β-unsaturated/α-hetero) is 1. The summed E-state index contributed by atoms with van der Waals surface area (Å²) in [4.78, 5) is 27.1. The standard InChI is InChI=1S/C13H20N2O3/c1-4-18-12(17)6-5-11(16)9-15-8-7-14-13(15)10(2)3/h7-8,10H,4-6,9H2,1-3H3. The Kier molecular flexibility index (Phi) is 5.55. The van der Waals surface area contributed by atoms with Gasteiger partial charge in [-0.3, -0.25) is 9.59 Å². The number of rotatable bonds is 7. The van der Waals surface area contributed by atoms with E-state index < -0.39 is 0 Å². The first-order valence-corrected chi connectivity index (χ1v) is 6.23. The van der Waals surface area contributed by atoms with Crippen LogP contribution in [0.3, 0.4) is 0 Å². The van der Waals surface area contributed by atoms with Gasteiger partial charge >= 0.3 is 5.97 Å². The van der Waals surface area contributed by atoms with Gasteiger partial charge in [-0.1, -0.05) is 13.8 Å². The molecule has 0 bridgehead atoms. The second-order valence-electron chi connectivity index (χ2n) is 4.41. The Bertz CT molecular complexity index is 410. The zero-order chi connectivity index (χ0) is 13.5. The number of nitrogens with zero attached hydrogens (tertiary/aromatic N) is 2. The molecule has 0 unspecified atom stereocenters. The van der Waals surface area contributed by atoms with Crippen molar-refractivity contribution in [3.05, 3.63) is 18.2 Å². The van der Waals surface area contributed by atoms with Crippen LogP contribution >= 0.6 is 0 Å². The quantitative estimate of drug-likeness (QED) is 0.695. The van der Waals surface area contributed by atoms with Gasteiger partial charge in [0, 0.05) is 24.7 Å². The normalized spacial score (nSPS) is 10.7. The molecular formula is C13H20N2O3. The Morgan fingerprint density at radius 2 is 2.11 bits per heavy atom. The fraction of sp³-hybridized carbons (Fsp3) is 0.615. The molecule has 0 aliphatic rings. The molecule has 0 amide bonds. The molecule has 5 nitrogen and oxygen atoms in total. The third-order valence-electron chi connectivity index (χ3n) is 2.52. The molecule has 0 radical (unpaired) electrons. The number of carbonyl (C=O) groups excluding carboxylic acids is 2. The summed E-state index contributed by atoms with van der Waals surface area (Å²) in [7, 11) is 0. The molecule has 1 aromatic heterocycles. The van der Waals surface area contributed by atoms with Crippen LogP contribution in [0, 0.1) is 0 Å². The SMILES string of the molecule is CCOC(=O)CCC(=O)Cn1ccnc1C(C)C. The summed E-state index contributed by atoms with van der Waals surface area (Å²) in [6.07, 6.45) is 3.85. The van der Waals surface area contributed by atoms with Crippen molar-refractivity contribution in [2.75, 3.05) is 6.61 Å². The van der Waals surface area contributed by atoms with Crippen LogP contribution < -0.4 is 0 Å². The second kappa shape index (κ2) is 6.93. The fourth-order valence-electron chi connectivity index (χ4n) is 1.70. The highest BCUT2D eigenvalue weighted by Gasteiger charge is 2.12. The molecule has 18 heavy (non-hydrogen) atoms. The van der Waals surface area contributed by atoms with E-state index >= 15 is 0 Å². The molecule has 1 aromatic rings. The van der Waals surface area contributed by atoms with Gasteiger partial charge in [-0.15, -0.1) is 0 Å². The van der Waals surface area contributed by atoms with Crippen LogP contribution in [0.4, 0.5) is 0 Å². The maximum Gasteiger partial charge on any atom is 0.306 e. The first kappa shape index (κ1) is 14.4. The third kappa shape index (κ3) is 4.31. The molecule has 0 fully saturated rings. The van der Waals surface area contributed by atoms with Crippen LogP contribution in [-0.4, -0.2) is 27.9 Å². The maximum absolute atomic E-state index is 11.7. The number of hydrogen-bond donors (Lipinski definition) is 0. The molecule has 0 aliphatic carbocycles. The van der Waals surface area contributed by atoms with E-state index in [1.807, 2.05) is 18.4 Å². The lowest BCUT2D eigenvalue weighted by Gasteiger charge is -2.09. The number of ether oxygens (including phenoxy) is 1. The molecule has 0 N–H and O–H groups in total. The average Bonchev–Trinajstić information content (AvgIpc) is 2.75. The van der Waals surface area contributed by atoms with Gasteiger partial charge in [0.1, 0.15) is 5.82 Å². The summed E-state index contributed by atoms with van der Waals surface area (Å²) in [6, 6.07) is 0. The predicted molar refractivity (Wildman–Crippen MR) is 67.2 cm³/mol. The van der Waals surface area contributed by atoms with E-state index in [2.05, 4.69) is 4.98 Å². The van der Waals surface area contributed by atoms with Gasteiger partial charge < -0.3 is 9.30 Å². The molecule has 1 rings (SSSR count). The molecule has 0 saturated heterocycles. The molecular weight excluding hydrogens is 232 g/mol. The summed E-state index contributed by atoms with van der Waals surface area (Å²) in [5.74, 6) is 0.862. The highest BCUT2D eigenvalue weighted by atomic mass is 16.5. The minimum atomic E-state index is -0.319. The molecule has 100 valence electrons. The van der Waals surface area contributed by atoms with Crippen molar-refractivity contribution in [3.8, 4) is 0 Å². The van der Waals surface area contributed by atoms with E-state index in [0.29, 0.717) is 6.61 Å². The van der Waals surface area contributed by atoms with E-state index in [-0.39, 0.29) is 37.1 Å². The van der Waals surface area contributed by atoms with Gasteiger partial charge in [0.05, 0.1) is 19.6 Å². The Hall–Kier alpha value is -1.65. The Labute approximate surface area is 107 Å². The summed E-state index contributed by atoms with van der Waals surface area (Å²) in [6.45, 7) is 6.43. The summed E-state index contributed by atoms with van der Waals surface area (Å²) in [5.41, 5.74) is 0. The van der Waals surface area contributed by atoms with Crippen molar-refractivity contribution in [2.45, 2.75) is 46.1 Å². The minimum absolute atomic E-state index is 0.0166. The fourth-order valence-corrected chi connectivity index (χ4v) is 1.70. The number of aromatic nitrogens is 2. The average molecular weight is 252 g/mol. The summed E-state index contributed by atoms with van der Waals surface area (Å²) >= 11 is 0. The van der Waals surface area contributed by atoms with Gasteiger partial charge in [-0.25, -0.2) is 4.98 Å². The Morgan fingerprint density at radius 1 is 1.39 bits per heavy atom. The van der Waals surface area contributed by atoms with Crippen LogP contribution in [0.5, 0.6) is 0 Å². The van der Waals surface area contributed by atoms with E-state index in [1.54, 1.807) is 19.3 Å². The highest BCUT2D eigenvalue weighted by molar-refractivity contribution is 5.82. The van der Waals surface area contributed by atoms with Crippen LogP contribution in [0.1, 0.15) is 45.4 Å². The second-order valence-corrected chi connectivity index (χ2v) is 4.41. The van der Waals surface area contributed by atoms with Gasteiger partial charge in [0.15, 0.2) is 5.78 Å². The molecule has 1 heterocycles. The van der Waals surface area contributed by atoms with Crippen LogP contribution in [-0.2, 0) is 20.9 Å². The van der Waals surface area contributed by atoms with Crippen molar-refractivity contribution >= 4 is 11.8 Å². The first-order valence-electron chi connectivity index (χ1n) is 6.23. The first-order chi connectivity index (χ1) is 8.54. The van der Waals surface area contributed by atoms with Gasteiger partial charge in [0.2, 0.25) is 0 Å². The molecule has 0 spiro atoms. The number of carbonyl (C=O) groups is 2. The lowest BCUT2D eigenvalue weighted by Crippen LogP contribution is -2.15. The maximum atomic E-state index is 11.7. The lowest BCUT2D eigenvalue weighted by molar-refractivity contribution is -0.144. The van der Waals surface area contributed by atoms with Crippen molar-refractivity contribution in [3.63, 3.8) is 0 Å². The smallest absolute Gasteiger partial charge is 0.306 e. The Morgan fingerprint density at radius 3 is 2.72 bits per heavy atom. The Balaban J connectivity index is 2.45. The number of ketones is 1. The summed E-state index contributed by atoms with van der Waals surface area (Å²) < 4.78 is 6.61. The number of imidazole rings is 1. The predicted octanol–water partition coefficient (Wildman–Crippen LogP) is 1.92. The van der Waals surface area contributed by atoms with Crippen LogP contribution in [0.25, 0.3) is 0 Å². The molecule has 0 atom stereocenters. The third-order valence-corrected chi connectivity index (χ3v) is 2.52.